The smallest absolute Gasteiger partial charge is 0.338 e. The van der Waals surface area contributed by atoms with Crippen molar-refractivity contribution in [2.24, 2.45) is 4.99 Å². The minimum atomic E-state index is -1.09. The summed E-state index contributed by atoms with van der Waals surface area (Å²) in [6, 6.07) is 24.0. The summed E-state index contributed by atoms with van der Waals surface area (Å²) in [5.74, 6) is -0.925. The second-order valence-corrected chi connectivity index (χ2v) is 12.2. The molecule has 0 aliphatic carbocycles. The molecule has 1 aliphatic rings. The number of benzene rings is 3. The Morgan fingerprint density at radius 3 is 2.53 bits per heavy atom. The Hall–Kier alpha value is -4.64. The van der Waals surface area contributed by atoms with Crippen molar-refractivity contribution >= 4 is 58.4 Å². The van der Waals surface area contributed by atoms with E-state index in [0.717, 1.165) is 16.0 Å². The highest BCUT2D eigenvalue weighted by Gasteiger charge is 2.35. The average molecular weight is 657 g/mol. The first-order chi connectivity index (χ1) is 21.8. The second-order valence-electron chi connectivity index (χ2n) is 9.91. The summed E-state index contributed by atoms with van der Waals surface area (Å²) in [5, 5.41) is 9.73. The Balaban J connectivity index is 1.54. The van der Waals surface area contributed by atoms with Gasteiger partial charge < -0.3 is 14.3 Å². The number of esters is 1. The van der Waals surface area contributed by atoms with Gasteiger partial charge in [0.2, 0.25) is 0 Å². The Labute approximate surface area is 270 Å². The SMILES string of the molecule is CCOC(=O)C1=C(c2ccccc2)N=c2s/c(=C/c3ccc(-c4cc(C(=O)O)ccc4Cl)o3)c(=O)n2[C@H]1c1ccc(SC)cc1. The van der Waals surface area contributed by atoms with Crippen molar-refractivity contribution in [1.82, 2.24) is 4.57 Å². The van der Waals surface area contributed by atoms with Crippen molar-refractivity contribution in [2.75, 3.05) is 12.9 Å². The number of carbonyl (C=O) groups is 2. The van der Waals surface area contributed by atoms with Crippen LogP contribution in [0, 0.1) is 0 Å². The third kappa shape index (κ3) is 5.92. The molecule has 2 aromatic heterocycles. The summed E-state index contributed by atoms with van der Waals surface area (Å²) in [7, 11) is 0. The van der Waals surface area contributed by atoms with Gasteiger partial charge in [-0.25, -0.2) is 14.6 Å². The number of nitrogens with zero attached hydrogens (tertiary/aromatic N) is 2. The van der Waals surface area contributed by atoms with Gasteiger partial charge in [-0.05, 0) is 61.2 Å². The molecule has 6 rings (SSSR count). The van der Waals surface area contributed by atoms with E-state index < -0.39 is 18.0 Å². The van der Waals surface area contributed by atoms with E-state index in [2.05, 4.69) is 0 Å². The molecule has 8 nitrogen and oxygen atoms in total. The lowest BCUT2D eigenvalue weighted by Crippen LogP contribution is -2.40. The molecule has 1 atom stereocenters. The zero-order chi connectivity index (χ0) is 31.7. The summed E-state index contributed by atoms with van der Waals surface area (Å²) < 4.78 is 13.4. The quantitative estimate of drug-likeness (QED) is 0.155. The number of aromatic carboxylic acids is 1. The molecule has 1 N–H and O–H groups in total. The number of thioether (sulfide) groups is 1. The van der Waals surface area contributed by atoms with Crippen LogP contribution in [0.3, 0.4) is 0 Å². The molecule has 1 aliphatic heterocycles. The van der Waals surface area contributed by atoms with E-state index in [9.17, 15) is 19.5 Å². The van der Waals surface area contributed by atoms with Crippen LogP contribution >= 0.6 is 34.7 Å². The van der Waals surface area contributed by atoms with Crippen molar-refractivity contribution in [3.05, 3.63) is 138 Å². The molecule has 0 spiro atoms. The summed E-state index contributed by atoms with van der Waals surface area (Å²) in [5.41, 5.74) is 2.30. The van der Waals surface area contributed by atoms with Crippen LogP contribution in [0.4, 0.5) is 0 Å². The molecule has 0 saturated carbocycles. The summed E-state index contributed by atoms with van der Waals surface area (Å²) >= 11 is 9.12. The van der Waals surface area contributed by atoms with Gasteiger partial charge in [-0.15, -0.1) is 11.8 Å². The Morgan fingerprint density at radius 2 is 1.84 bits per heavy atom. The molecule has 0 fully saturated rings. The molecule has 45 heavy (non-hydrogen) atoms. The average Bonchev–Trinajstić information content (AvgIpc) is 3.64. The van der Waals surface area contributed by atoms with Crippen molar-refractivity contribution in [1.29, 1.82) is 0 Å². The number of aromatic nitrogens is 1. The minimum absolute atomic E-state index is 0.0675. The first kappa shape index (κ1) is 30.4. The number of hydrogen-bond donors (Lipinski definition) is 1. The lowest BCUT2D eigenvalue weighted by atomic mass is 9.93. The highest BCUT2D eigenvalue weighted by atomic mass is 35.5. The first-order valence-electron chi connectivity index (χ1n) is 13.8. The summed E-state index contributed by atoms with van der Waals surface area (Å²) in [4.78, 5) is 45.5. The highest BCUT2D eigenvalue weighted by molar-refractivity contribution is 7.98. The van der Waals surface area contributed by atoms with Crippen molar-refractivity contribution < 1.29 is 23.8 Å². The Bertz CT molecular complexity index is 2150. The molecular weight excluding hydrogens is 632 g/mol. The molecule has 226 valence electrons. The van der Waals surface area contributed by atoms with E-state index in [1.165, 1.54) is 34.1 Å². The zero-order valence-electron chi connectivity index (χ0n) is 24.0. The fraction of sp³-hybridized carbons (Fsp3) is 0.118. The molecule has 3 heterocycles. The van der Waals surface area contributed by atoms with Gasteiger partial charge in [0.05, 0.1) is 39.0 Å². The van der Waals surface area contributed by atoms with Crippen LogP contribution in [0.5, 0.6) is 0 Å². The van der Waals surface area contributed by atoms with Gasteiger partial charge in [0.15, 0.2) is 4.80 Å². The predicted molar refractivity (Wildman–Crippen MR) is 175 cm³/mol. The van der Waals surface area contributed by atoms with Gasteiger partial charge >= 0.3 is 11.9 Å². The number of halogens is 1. The maximum absolute atomic E-state index is 14.1. The fourth-order valence-electron chi connectivity index (χ4n) is 5.09. The maximum atomic E-state index is 14.1. The summed E-state index contributed by atoms with van der Waals surface area (Å²) in [6.45, 7) is 1.90. The van der Waals surface area contributed by atoms with E-state index in [0.29, 0.717) is 37.1 Å². The van der Waals surface area contributed by atoms with Crippen LogP contribution in [0.2, 0.25) is 5.02 Å². The van der Waals surface area contributed by atoms with Crippen LogP contribution in [-0.4, -0.2) is 34.5 Å². The van der Waals surface area contributed by atoms with E-state index in [-0.39, 0.29) is 23.3 Å². The fourth-order valence-corrected chi connectivity index (χ4v) is 6.69. The topological polar surface area (TPSA) is 111 Å². The molecule has 0 unspecified atom stereocenters. The monoisotopic (exact) mass is 656 g/mol. The third-order valence-corrected chi connectivity index (χ3v) is 9.24. The van der Waals surface area contributed by atoms with Gasteiger partial charge in [-0.1, -0.05) is 65.4 Å². The maximum Gasteiger partial charge on any atom is 0.338 e. The molecular formula is C34H25ClN2O6S2. The number of carboxylic acids is 1. The van der Waals surface area contributed by atoms with E-state index in [1.807, 2.05) is 60.9 Å². The number of hydrogen-bond acceptors (Lipinski definition) is 8. The molecule has 3 aromatic carbocycles. The van der Waals surface area contributed by atoms with E-state index >= 15 is 0 Å². The van der Waals surface area contributed by atoms with Gasteiger partial charge in [-0.2, -0.15) is 0 Å². The Kier molecular flexibility index (Phi) is 8.62. The van der Waals surface area contributed by atoms with Crippen LogP contribution in [0.15, 0.2) is 110 Å². The van der Waals surface area contributed by atoms with Crippen LogP contribution in [0.1, 0.15) is 40.2 Å². The van der Waals surface area contributed by atoms with Crippen molar-refractivity contribution in [2.45, 2.75) is 17.9 Å². The number of fused-ring (bicyclic) bond motifs is 1. The number of ether oxygens (including phenoxy) is 1. The highest BCUT2D eigenvalue weighted by Crippen LogP contribution is 2.36. The molecule has 0 saturated heterocycles. The second kappa shape index (κ2) is 12.8. The van der Waals surface area contributed by atoms with Crippen molar-refractivity contribution in [3.63, 3.8) is 0 Å². The van der Waals surface area contributed by atoms with Gasteiger partial charge in [0.25, 0.3) is 5.56 Å². The van der Waals surface area contributed by atoms with Gasteiger partial charge in [0, 0.05) is 22.1 Å². The van der Waals surface area contributed by atoms with Crippen molar-refractivity contribution in [3.8, 4) is 11.3 Å². The van der Waals surface area contributed by atoms with E-state index in [4.69, 9.17) is 25.7 Å². The normalized spacial score (nSPS) is 14.6. The lowest BCUT2D eigenvalue weighted by Gasteiger charge is -2.26. The minimum Gasteiger partial charge on any atom is -0.478 e. The predicted octanol–water partition coefficient (Wildman–Crippen LogP) is 6.27. The van der Waals surface area contributed by atoms with E-state index in [1.54, 1.807) is 36.9 Å². The van der Waals surface area contributed by atoms with Crippen LogP contribution in [0.25, 0.3) is 23.1 Å². The number of carboxylic acid groups (broad SMARTS) is 1. The zero-order valence-corrected chi connectivity index (χ0v) is 26.4. The molecule has 5 aromatic rings. The first-order valence-corrected chi connectivity index (χ1v) is 16.3. The van der Waals surface area contributed by atoms with Gasteiger partial charge in [-0.3, -0.25) is 9.36 Å². The van der Waals surface area contributed by atoms with Crippen LogP contribution < -0.4 is 14.9 Å². The molecule has 11 heteroatoms. The third-order valence-electron chi connectivity index (χ3n) is 7.18. The van der Waals surface area contributed by atoms with Crippen LogP contribution in [-0.2, 0) is 9.53 Å². The lowest BCUT2D eigenvalue weighted by molar-refractivity contribution is -0.138. The number of thiazole rings is 1. The molecule has 0 radical (unpaired) electrons. The Morgan fingerprint density at radius 1 is 1.09 bits per heavy atom. The largest absolute Gasteiger partial charge is 0.478 e. The van der Waals surface area contributed by atoms with Gasteiger partial charge in [0.1, 0.15) is 11.5 Å². The number of carbonyl (C=O) groups excluding carboxylic acids is 1. The standard InChI is InChI=1S/C34H25ClN2O6S2/c1-3-42-33(41)28-29(19-7-5-4-6-8-19)36-34-37(30(28)20-9-13-23(44-2)14-10-20)31(38)27(45-34)18-22-12-16-26(43-22)24-17-21(32(39)40)11-15-25(24)35/h4-18,30H,3H2,1-2H3,(H,39,40)/b27-18+/t30-/m0/s1. The molecule has 0 bridgehead atoms. The molecule has 0 amide bonds. The number of rotatable bonds is 8. The number of furan rings is 1. The summed E-state index contributed by atoms with van der Waals surface area (Å²) in [6.07, 6.45) is 3.58.